The van der Waals surface area contributed by atoms with Crippen LogP contribution in [0.5, 0.6) is 0 Å². The zero-order valence-corrected chi connectivity index (χ0v) is 14.7. The molecule has 0 saturated carbocycles. The summed E-state index contributed by atoms with van der Waals surface area (Å²) in [6.07, 6.45) is 3.15. The van der Waals surface area contributed by atoms with Gasteiger partial charge in [0.15, 0.2) is 4.90 Å². The summed E-state index contributed by atoms with van der Waals surface area (Å²) >= 11 is 0. The number of nitrogens with zero attached hydrogens (tertiary/aromatic N) is 3. The lowest BCUT2D eigenvalue weighted by Gasteiger charge is -2.25. The lowest BCUT2D eigenvalue weighted by molar-refractivity contribution is -0.388. The van der Waals surface area contributed by atoms with Crippen LogP contribution in [0.3, 0.4) is 0 Å². The number of sulfonamides is 1. The number of aromatic nitrogens is 1. The number of benzene rings is 1. The van der Waals surface area contributed by atoms with E-state index in [1.807, 2.05) is 0 Å². The normalized spacial score (nSPS) is 13.0. The van der Waals surface area contributed by atoms with Crippen molar-refractivity contribution in [3.63, 3.8) is 0 Å². The highest BCUT2D eigenvalue weighted by Gasteiger charge is 2.34. The van der Waals surface area contributed by atoms with Crippen molar-refractivity contribution in [2.75, 3.05) is 7.05 Å². The molecular formula is C16H19N3O4S. The molecule has 0 amide bonds. The van der Waals surface area contributed by atoms with E-state index >= 15 is 0 Å². The van der Waals surface area contributed by atoms with Crippen LogP contribution >= 0.6 is 0 Å². The van der Waals surface area contributed by atoms with Crippen molar-refractivity contribution >= 4 is 15.7 Å². The molecular weight excluding hydrogens is 330 g/mol. The molecule has 128 valence electrons. The van der Waals surface area contributed by atoms with Gasteiger partial charge in [0.1, 0.15) is 0 Å². The van der Waals surface area contributed by atoms with Gasteiger partial charge < -0.3 is 0 Å². The van der Waals surface area contributed by atoms with Gasteiger partial charge >= 0.3 is 0 Å². The second-order valence-corrected chi connectivity index (χ2v) is 7.52. The molecule has 0 aliphatic heterocycles. The van der Waals surface area contributed by atoms with Gasteiger partial charge in [0.05, 0.1) is 4.92 Å². The van der Waals surface area contributed by atoms with E-state index < -0.39 is 26.7 Å². The molecule has 1 unspecified atom stereocenters. The number of hydrogen-bond acceptors (Lipinski definition) is 5. The van der Waals surface area contributed by atoms with Crippen LogP contribution in [-0.2, 0) is 10.0 Å². The fraction of sp³-hybridized carbons (Fsp3) is 0.312. The second kappa shape index (κ2) is 6.66. The summed E-state index contributed by atoms with van der Waals surface area (Å²) in [6.45, 7) is 5.04. The third kappa shape index (κ3) is 3.15. The zero-order valence-electron chi connectivity index (χ0n) is 13.9. The number of rotatable bonds is 5. The first kappa shape index (κ1) is 18.0. The highest BCUT2D eigenvalue weighted by Crippen LogP contribution is 2.34. The molecule has 0 aliphatic rings. The van der Waals surface area contributed by atoms with Crippen LogP contribution in [0.15, 0.2) is 41.6 Å². The van der Waals surface area contributed by atoms with E-state index in [1.54, 1.807) is 51.4 Å². The lowest BCUT2D eigenvalue weighted by Crippen LogP contribution is -2.31. The average Bonchev–Trinajstić information content (AvgIpc) is 2.56. The van der Waals surface area contributed by atoms with E-state index in [0.29, 0.717) is 11.1 Å². The van der Waals surface area contributed by atoms with E-state index in [4.69, 9.17) is 0 Å². The average molecular weight is 349 g/mol. The quantitative estimate of drug-likeness (QED) is 0.611. The van der Waals surface area contributed by atoms with E-state index in [-0.39, 0.29) is 4.90 Å². The van der Waals surface area contributed by atoms with Crippen molar-refractivity contribution < 1.29 is 13.3 Å². The Morgan fingerprint density at radius 1 is 1.17 bits per heavy atom. The molecule has 7 nitrogen and oxygen atoms in total. The van der Waals surface area contributed by atoms with Crippen LogP contribution in [0.2, 0.25) is 0 Å². The van der Waals surface area contributed by atoms with Gasteiger partial charge in [-0.15, -0.1) is 0 Å². The van der Waals surface area contributed by atoms with Crippen molar-refractivity contribution in [3.8, 4) is 0 Å². The first-order valence-electron chi connectivity index (χ1n) is 7.30. The minimum absolute atomic E-state index is 0.254. The maximum Gasteiger partial charge on any atom is 0.289 e. The summed E-state index contributed by atoms with van der Waals surface area (Å²) in [5.74, 6) is 0. The smallest absolute Gasteiger partial charge is 0.265 e. The van der Waals surface area contributed by atoms with E-state index in [9.17, 15) is 18.5 Å². The Hall–Kier alpha value is -2.32. The van der Waals surface area contributed by atoms with Gasteiger partial charge in [-0.25, -0.2) is 8.42 Å². The largest absolute Gasteiger partial charge is 0.289 e. The standard InChI is InChI=1S/C16H19N3O4S/c1-11-5-6-15(19(20)21)16(12(11)2)24(22,23)18(4)13(3)14-7-9-17-10-8-14/h5-10,13H,1-4H3. The summed E-state index contributed by atoms with van der Waals surface area (Å²) in [6, 6.07) is 5.74. The van der Waals surface area contributed by atoms with Gasteiger partial charge in [-0.2, -0.15) is 4.31 Å². The van der Waals surface area contributed by atoms with Gasteiger partial charge in [0, 0.05) is 31.5 Å². The third-order valence-electron chi connectivity index (χ3n) is 4.22. The van der Waals surface area contributed by atoms with Crippen LogP contribution in [0, 0.1) is 24.0 Å². The predicted molar refractivity (Wildman–Crippen MR) is 90.2 cm³/mol. The summed E-state index contributed by atoms with van der Waals surface area (Å²) in [4.78, 5) is 14.3. The molecule has 0 fully saturated rings. The van der Waals surface area contributed by atoms with Gasteiger partial charge in [0.2, 0.25) is 10.0 Å². The summed E-state index contributed by atoms with van der Waals surface area (Å²) < 4.78 is 27.3. The first-order valence-corrected chi connectivity index (χ1v) is 8.74. The molecule has 0 spiro atoms. The van der Waals surface area contributed by atoms with Crippen molar-refractivity contribution in [2.45, 2.75) is 31.7 Å². The molecule has 1 heterocycles. The Kier molecular flexibility index (Phi) is 5.00. The van der Waals surface area contributed by atoms with Gasteiger partial charge in [0.25, 0.3) is 5.69 Å². The van der Waals surface area contributed by atoms with Crippen LogP contribution in [0.25, 0.3) is 0 Å². The number of nitro benzene ring substituents is 1. The van der Waals surface area contributed by atoms with Crippen LogP contribution in [-0.4, -0.2) is 29.7 Å². The maximum atomic E-state index is 13.1. The molecule has 1 atom stereocenters. The number of nitro groups is 1. The minimum atomic E-state index is -4.04. The Morgan fingerprint density at radius 3 is 2.29 bits per heavy atom. The zero-order chi connectivity index (χ0) is 18.1. The van der Waals surface area contributed by atoms with E-state index in [1.165, 1.54) is 13.1 Å². The molecule has 0 aliphatic carbocycles. The van der Waals surface area contributed by atoms with Gasteiger partial charge in [-0.05, 0) is 49.6 Å². The third-order valence-corrected chi connectivity index (χ3v) is 6.33. The first-order chi connectivity index (χ1) is 11.2. The summed E-state index contributed by atoms with van der Waals surface area (Å²) in [5.41, 5.74) is 1.41. The number of hydrogen-bond donors (Lipinski definition) is 0. The summed E-state index contributed by atoms with van der Waals surface area (Å²) in [7, 11) is -2.62. The SMILES string of the molecule is Cc1ccc([N+](=O)[O-])c(S(=O)(=O)N(C)C(C)c2ccncc2)c1C. The van der Waals surface area contributed by atoms with Crippen molar-refractivity contribution in [2.24, 2.45) is 0 Å². The molecule has 8 heteroatoms. The van der Waals surface area contributed by atoms with E-state index in [0.717, 1.165) is 9.87 Å². The molecule has 1 aromatic heterocycles. The molecule has 0 saturated heterocycles. The van der Waals surface area contributed by atoms with Crippen LogP contribution < -0.4 is 0 Å². The van der Waals surface area contributed by atoms with Crippen molar-refractivity contribution in [3.05, 3.63) is 63.5 Å². The maximum absolute atomic E-state index is 13.1. The molecule has 0 N–H and O–H groups in total. The molecule has 0 radical (unpaired) electrons. The second-order valence-electron chi connectivity index (χ2n) is 5.59. The molecule has 0 bridgehead atoms. The van der Waals surface area contributed by atoms with Gasteiger partial charge in [-0.1, -0.05) is 6.07 Å². The topological polar surface area (TPSA) is 93.4 Å². The molecule has 24 heavy (non-hydrogen) atoms. The molecule has 2 rings (SSSR count). The van der Waals surface area contributed by atoms with Crippen molar-refractivity contribution in [1.82, 2.24) is 9.29 Å². The fourth-order valence-electron chi connectivity index (χ4n) is 2.45. The highest BCUT2D eigenvalue weighted by molar-refractivity contribution is 7.89. The van der Waals surface area contributed by atoms with Crippen LogP contribution in [0.1, 0.15) is 29.7 Å². The van der Waals surface area contributed by atoms with Crippen LogP contribution in [0.4, 0.5) is 5.69 Å². The van der Waals surface area contributed by atoms with Gasteiger partial charge in [-0.3, -0.25) is 15.1 Å². The van der Waals surface area contributed by atoms with E-state index in [2.05, 4.69) is 4.98 Å². The predicted octanol–water partition coefficient (Wildman–Crippen LogP) is 2.99. The Balaban J connectivity index is 2.59. The monoisotopic (exact) mass is 349 g/mol. The lowest BCUT2D eigenvalue weighted by atomic mass is 10.1. The minimum Gasteiger partial charge on any atom is -0.265 e. The molecule has 1 aromatic carbocycles. The summed E-state index contributed by atoms with van der Waals surface area (Å²) in [5, 5.41) is 11.3. The fourth-order valence-corrected chi connectivity index (χ4v) is 4.23. The number of pyridine rings is 1. The Bertz CT molecular complexity index is 866. The highest BCUT2D eigenvalue weighted by atomic mass is 32.2. The number of aryl methyl sites for hydroxylation is 1. The Morgan fingerprint density at radius 2 is 1.75 bits per heavy atom. The molecule has 2 aromatic rings. The Labute approximate surface area is 141 Å². The van der Waals surface area contributed by atoms with Crippen molar-refractivity contribution in [1.29, 1.82) is 0 Å².